The van der Waals surface area contributed by atoms with Crippen molar-refractivity contribution < 1.29 is 0 Å². The zero-order chi connectivity index (χ0) is 15.7. The number of benzene rings is 2. The van der Waals surface area contributed by atoms with Crippen LogP contribution in [0.3, 0.4) is 0 Å². The van der Waals surface area contributed by atoms with Crippen molar-refractivity contribution in [3.8, 4) is 11.1 Å². The van der Waals surface area contributed by atoms with Crippen molar-refractivity contribution in [2.75, 3.05) is 5.73 Å². The molecule has 2 aromatic rings. The predicted octanol–water partition coefficient (Wildman–Crippen LogP) is 5.65. The molecule has 0 aliphatic carbocycles. The molecule has 2 N–H and O–H groups in total. The first-order valence-electron chi connectivity index (χ1n) is 7.64. The van der Waals surface area contributed by atoms with E-state index in [0.29, 0.717) is 5.41 Å². The van der Waals surface area contributed by atoms with Crippen LogP contribution in [0.15, 0.2) is 48.5 Å². The van der Waals surface area contributed by atoms with Gasteiger partial charge in [-0.3, -0.25) is 0 Å². The fourth-order valence-corrected chi connectivity index (χ4v) is 3.22. The Morgan fingerprint density at radius 1 is 0.714 bits per heavy atom. The van der Waals surface area contributed by atoms with E-state index in [4.69, 9.17) is 5.73 Å². The van der Waals surface area contributed by atoms with Crippen molar-refractivity contribution in [1.29, 1.82) is 0 Å². The van der Waals surface area contributed by atoms with E-state index in [9.17, 15) is 0 Å². The van der Waals surface area contributed by atoms with E-state index >= 15 is 0 Å². The standard InChI is InChI=1S/C20H27N/c1-19(2,3)14-20(4,5)17-10-6-15(7-11-17)16-8-12-18(21)13-9-16/h6-13H,14,21H2,1-5H3. The number of rotatable bonds is 3. The fourth-order valence-electron chi connectivity index (χ4n) is 3.22. The van der Waals surface area contributed by atoms with Crippen LogP contribution in [0.5, 0.6) is 0 Å². The number of nitrogen functional groups attached to an aromatic ring is 1. The van der Waals surface area contributed by atoms with E-state index in [0.717, 1.165) is 5.69 Å². The van der Waals surface area contributed by atoms with Gasteiger partial charge in [-0.15, -0.1) is 0 Å². The van der Waals surface area contributed by atoms with Gasteiger partial charge in [-0.25, -0.2) is 0 Å². The molecule has 0 aliphatic heterocycles. The maximum atomic E-state index is 5.74. The quantitative estimate of drug-likeness (QED) is 0.723. The Kier molecular flexibility index (Phi) is 4.13. The van der Waals surface area contributed by atoms with E-state index in [2.05, 4.69) is 71.0 Å². The van der Waals surface area contributed by atoms with Crippen molar-refractivity contribution in [2.45, 2.75) is 46.5 Å². The van der Waals surface area contributed by atoms with Crippen molar-refractivity contribution >= 4 is 5.69 Å². The maximum Gasteiger partial charge on any atom is 0.0314 e. The first-order valence-corrected chi connectivity index (χ1v) is 7.64. The molecular formula is C20H27N. The van der Waals surface area contributed by atoms with E-state index in [1.807, 2.05) is 12.1 Å². The molecule has 0 spiro atoms. The third-order valence-corrected chi connectivity index (χ3v) is 3.88. The molecule has 2 aromatic carbocycles. The van der Waals surface area contributed by atoms with Crippen molar-refractivity contribution in [1.82, 2.24) is 0 Å². The van der Waals surface area contributed by atoms with E-state index < -0.39 is 0 Å². The van der Waals surface area contributed by atoms with Crippen LogP contribution < -0.4 is 5.73 Å². The van der Waals surface area contributed by atoms with Gasteiger partial charge in [-0.05, 0) is 46.1 Å². The highest BCUT2D eigenvalue weighted by Gasteiger charge is 2.27. The normalized spacial score (nSPS) is 12.4. The molecule has 0 saturated carbocycles. The Balaban J connectivity index is 2.24. The van der Waals surface area contributed by atoms with E-state index in [1.54, 1.807) is 0 Å². The molecule has 1 heteroatoms. The summed E-state index contributed by atoms with van der Waals surface area (Å²) in [6.07, 6.45) is 1.17. The number of nitrogens with two attached hydrogens (primary N) is 1. The largest absolute Gasteiger partial charge is 0.399 e. The molecule has 0 saturated heterocycles. The van der Waals surface area contributed by atoms with Gasteiger partial charge in [0, 0.05) is 5.69 Å². The second-order valence-corrected chi connectivity index (χ2v) is 7.82. The van der Waals surface area contributed by atoms with Crippen molar-refractivity contribution in [3.63, 3.8) is 0 Å². The Labute approximate surface area is 129 Å². The monoisotopic (exact) mass is 281 g/mol. The summed E-state index contributed by atoms with van der Waals surface area (Å²) < 4.78 is 0. The van der Waals surface area contributed by atoms with Crippen LogP contribution in [0.2, 0.25) is 0 Å². The maximum absolute atomic E-state index is 5.74. The van der Waals surface area contributed by atoms with Crippen molar-refractivity contribution in [3.05, 3.63) is 54.1 Å². The molecule has 0 aromatic heterocycles. The summed E-state index contributed by atoms with van der Waals surface area (Å²) in [6, 6.07) is 17.0. The second kappa shape index (κ2) is 5.55. The molecule has 0 radical (unpaired) electrons. The summed E-state index contributed by atoms with van der Waals surface area (Å²) in [5.41, 5.74) is 10.9. The molecule has 0 atom stereocenters. The Morgan fingerprint density at radius 3 is 1.57 bits per heavy atom. The van der Waals surface area contributed by atoms with Gasteiger partial charge in [-0.2, -0.15) is 0 Å². The van der Waals surface area contributed by atoms with Crippen LogP contribution in [0.25, 0.3) is 11.1 Å². The van der Waals surface area contributed by atoms with Gasteiger partial charge in [0.2, 0.25) is 0 Å². The summed E-state index contributed by atoms with van der Waals surface area (Å²) in [5.74, 6) is 0. The molecule has 112 valence electrons. The molecule has 0 heterocycles. The third-order valence-electron chi connectivity index (χ3n) is 3.88. The van der Waals surface area contributed by atoms with Crippen LogP contribution in [-0.2, 0) is 5.41 Å². The number of anilines is 1. The molecular weight excluding hydrogens is 254 g/mol. The van der Waals surface area contributed by atoms with Crippen LogP contribution in [0.1, 0.15) is 46.6 Å². The second-order valence-electron chi connectivity index (χ2n) is 7.82. The smallest absolute Gasteiger partial charge is 0.0314 e. The third kappa shape index (κ3) is 4.10. The van der Waals surface area contributed by atoms with Crippen LogP contribution in [0.4, 0.5) is 5.69 Å². The van der Waals surface area contributed by atoms with Gasteiger partial charge in [0.25, 0.3) is 0 Å². The summed E-state index contributed by atoms with van der Waals surface area (Å²) in [5, 5.41) is 0. The van der Waals surface area contributed by atoms with Crippen LogP contribution in [-0.4, -0.2) is 0 Å². The average molecular weight is 281 g/mol. The highest BCUT2D eigenvalue weighted by atomic mass is 14.5. The molecule has 21 heavy (non-hydrogen) atoms. The lowest BCUT2D eigenvalue weighted by molar-refractivity contribution is 0.284. The zero-order valence-corrected chi connectivity index (χ0v) is 13.9. The summed E-state index contributed by atoms with van der Waals surface area (Å²) >= 11 is 0. The van der Waals surface area contributed by atoms with Crippen LogP contribution >= 0.6 is 0 Å². The Morgan fingerprint density at radius 2 is 1.14 bits per heavy atom. The lowest BCUT2D eigenvalue weighted by Crippen LogP contribution is -2.24. The van der Waals surface area contributed by atoms with Crippen molar-refractivity contribution in [2.24, 2.45) is 5.41 Å². The lowest BCUT2D eigenvalue weighted by Gasteiger charge is -2.33. The number of hydrogen-bond acceptors (Lipinski definition) is 1. The predicted molar refractivity (Wildman–Crippen MR) is 93.4 cm³/mol. The summed E-state index contributed by atoms with van der Waals surface area (Å²) in [6.45, 7) is 11.6. The van der Waals surface area contributed by atoms with Gasteiger partial charge in [0.05, 0.1) is 0 Å². The molecule has 1 nitrogen and oxygen atoms in total. The molecule has 0 aliphatic rings. The van der Waals surface area contributed by atoms with E-state index in [-0.39, 0.29) is 5.41 Å². The van der Waals surface area contributed by atoms with Gasteiger partial charge >= 0.3 is 0 Å². The minimum Gasteiger partial charge on any atom is -0.399 e. The average Bonchev–Trinajstić information content (AvgIpc) is 2.37. The topological polar surface area (TPSA) is 26.0 Å². The molecule has 0 amide bonds. The van der Waals surface area contributed by atoms with Gasteiger partial charge in [0.15, 0.2) is 0 Å². The fraction of sp³-hybridized carbons (Fsp3) is 0.400. The first kappa shape index (κ1) is 15.6. The number of hydrogen-bond donors (Lipinski definition) is 1. The van der Waals surface area contributed by atoms with E-state index in [1.165, 1.54) is 23.1 Å². The molecule has 0 bridgehead atoms. The first-order chi connectivity index (χ1) is 9.67. The summed E-state index contributed by atoms with van der Waals surface area (Å²) in [7, 11) is 0. The van der Waals surface area contributed by atoms with Gasteiger partial charge in [-0.1, -0.05) is 71.0 Å². The highest BCUT2D eigenvalue weighted by molar-refractivity contribution is 5.65. The SMILES string of the molecule is CC(C)(C)CC(C)(C)c1ccc(-c2ccc(N)cc2)cc1. The molecule has 2 rings (SSSR count). The lowest BCUT2D eigenvalue weighted by atomic mass is 9.72. The highest BCUT2D eigenvalue weighted by Crippen LogP contribution is 2.36. The minimum absolute atomic E-state index is 0.192. The van der Waals surface area contributed by atoms with Crippen LogP contribution in [0, 0.1) is 5.41 Å². The summed E-state index contributed by atoms with van der Waals surface area (Å²) in [4.78, 5) is 0. The zero-order valence-electron chi connectivity index (χ0n) is 13.9. The Bertz CT molecular complexity index is 583. The van der Waals surface area contributed by atoms with Gasteiger partial charge in [0.1, 0.15) is 0 Å². The van der Waals surface area contributed by atoms with Gasteiger partial charge < -0.3 is 5.73 Å². The minimum atomic E-state index is 0.192. The molecule has 0 unspecified atom stereocenters. The molecule has 0 fully saturated rings. The Hall–Kier alpha value is -1.76.